The van der Waals surface area contributed by atoms with E-state index in [9.17, 15) is 0 Å². The van der Waals surface area contributed by atoms with Gasteiger partial charge in [0, 0.05) is 0 Å². The summed E-state index contributed by atoms with van der Waals surface area (Å²) in [4.78, 5) is 0. The molecule has 1 heteroatoms. The van der Waals surface area contributed by atoms with Gasteiger partial charge in [0.05, 0.1) is 0 Å². The minimum Gasteiger partial charge on any atom is -0.330 e. The molecular formula is C27H49N. The molecule has 0 radical (unpaired) electrons. The first-order valence-electron chi connectivity index (χ1n) is 13.1. The van der Waals surface area contributed by atoms with E-state index in [0.717, 1.165) is 42.1 Å². The average molecular weight is 388 g/mol. The molecule has 4 rings (SSSR count). The van der Waals surface area contributed by atoms with Crippen LogP contribution in [0.2, 0.25) is 0 Å². The zero-order valence-corrected chi connectivity index (χ0v) is 19.5. The van der Waals surface area contributed by atoms with Crippen molar-refractivity contribution in [2.75, 3.05) is 6.54 Å². The Bertz CT molecular complexity index is 528. The monoisotopic (exact) mass is 387 g/mol. The standard InChI is InChI=1S/C27H49N/c1-19(18-28)8-7-9-20(2)23-13-14-24-22-12-11-21-10-5-6-16-26(21,3)25(22)15-17-27(23,24)4/h19-25H,5-18,28H2,1-4H3/t19?,20-,21-,22+,23-,24+,25+,26+,27-/m1/s1. The van der Waals surface area contributed by atoms with Crippen molar-refractivity contribution in [3.63, 3.8) is 0 Å². The smallest absolute Gasteiger partial charge is 0.00515 e. The first-order valence-corrected chi connectivity index (χ1v) is 13.1. The van der Waals surface area contributed by atoms with Gasteiger partial charge in [-0.2, -0.15) is 0 Å². The predicted molar refractivity (Wildman–Crippen MR) is 121 cm³/mol. The van der Waals surface area contributed by atoms with Gasteiger partial charge in [0.15, 0.2) is 0 Å². The molecule has 0 aliphatic heterocycles. The number of hydrogen-bond donors (Lipinski definition) is 1. The van der Waals surface area contributed by atoms with Crippen LogP contribution in [0.5, 0.6) is 0 Å². The molecule has 0 aromatic rings. The zero-order chi connectivity index (χ0) is 19.9. The van der Waals surface area contributed by atoms with E-state index in [-0.39, 0.29) is 0 Å². The summed E-state index contributed by atoms with van der Waals surface area (Å²) in [7, 11) is 0. The minimum atomic E-state index is 0.651. The molecule has 28 heavy (non-hydrogen) atoms. The first kappa shape index (κ1) is 21.2. The van der Waals surface area contributed by atoms with E-state index in [1.54, 1.807) is 38.5 Å². The Balaban J connectivity index is 1.43. The SMILES string of the molecule is CC(CN)CCC[C@@H](C)[C@H]1CC[C@H]2[C@@H]3CC[C@H]4CCCC[C@]4(C)[C@H]3CC[C@]12C. The predicted octanol–water partition coefficient (Wildman–Crippen LogP) is 7.44. The Morgan fingerprint density at radius 1 is 0.821 bits per heavy atom. The molecule has 0 aromatic heterocycles. The van der Waals surface area contributed by atoms with Crippen molar-refractivity contribution in [1.29, 1.82) is 0 Å². The van der Waals surface area contributed by atoms with Crippen LogP contribution in [-0.2, 0) is 0 Å². The van der Waals surface area contributed by atoms with Gasteiger partial charge >= 0.3 is 0 Å². The van der Waals surface area contributed by atoms with Gasteiger partial charge in [0.1, 0.15) is 0 Å². The van der Waals surface area contributed by atoms with Crippen LogP contribution in [0, 0.1) is 52.3 Å². The Kier molecular flexibility index (Phi) is 6.24. The Morgan fingerprint density at radius 3 is 2.39 bits per heavy atom. The molecule has 0 aromatic carbocycles. The van der Waals surface area contributed by atoms with Crippen molar-refractivity contribution in [1.82, 2.24) is 0 Å². The summed E-state index contributed by atoms with van der Waals surface area (Å²) in [6.45, 7) is 11.2. The van der Waals surface area contributed by atoms with Crippen LogP contribution in [-0.4, -0.2) is 6.54 Å². The summed E-state index contributed by atoms with van der Waals surface area (Å²) in [5, 5.41) is 0. The molecule has 162 valence electrons. The highest BCUT2D eigenvalue weighted by molar-refractivity contribution is 5.09. The van der Waals surface area contributed by atoms with Crippen LogP contribution in [0.15, 0.2) is 0 Å². The van der Waals surface area contributed by atoms with E-state index in [1.165, 1.54) is 44.9 Å². The number of nitrogens with two attached hydrogens (primary N) is 1. The first-order chi connectivity index (χ1) is 13.4. The molecule has 4 aliphatic rings. The molecule has 0 bridgehead atoms. The summed E-state index contributed by atoms with van der Waals surface area (Å²) in [5.74, 6) is 6.84. The van der Waals surface area contributed by atoms with E-state index in [0.29, 0.717) is 16.7 Å². The number of fused-ring (bicyclic) bond motifs is 5. The van der Waals surface area contributed by atoms with Crippen molar-refractivity contribution >= 4 is 0 Å². The van der Waals surface area contributed by atoms with Crippen molar-refractivity contribution in [2.24, 2.45) is 58.0 Å². The molecule has 1 nitrogen and oxygen atoms in total. The van der Waals surface area contributed by atoms with Gasteiger partial charge in [-0.15, -0.1) is 0 Å². The highest BCUT2D eigenvalue weighted by atomic mass is 14.6. The summed E-state index contributed by atoms with van der Waals surface area (Å²) in [6.07, 6.45) is 19.6. The molecule has 0 heterocycles. The van der Waals surface area contributed by atoms with Gasteiger partial charge in [-0.25, -0.2) is 0 Å². The van der Waals surface area contributed by atoms with E-state index in [2.05, 4.69) is 27.7 Å². The molecule has 9 atom stereocenters. The maximum absolute atomic E-state index is 5.84. The van der Waals surface area contributed by atoms with Crippen LogP contribution in [0.1, 0.15) is 111 Å². The largest absolute Gasteiger partial charge is 0.330 e. The second-order valence-corrected chi connectivity index (χ2v) is 12.4. The van der Waals surface area contributed by atoms with Crippen molar-refractivity contribution in [3.05, 3.63) is 0 Å². The number of hydrogen-bond acceptors (Lipinski definition) is 1. The van der Waals surface area contributed by atoms with Gasteiger partial charge in [-0.1, -0.05) is 53.4 Å². The van der Waals surface area contributed by atoms with Gasteiger partial charge in [-0.05, 0) is 117 Å². The zero-order valence-electron chi connectivity index (χ0n) is 19.5. The van der Waals surface area contributed by atoms with Crippen LogP contribution in [0.3, 0.4) is 0 Å². The molecule has 4 aliphatic carbocycles. The molecule has 4 fully saturated rings. The summed E-state index contributed by atoms with van der Waals surface area (Å²) >= 11 is 0. The van der Waals surface area contributed by atoms with Gasteiger partial charge in [-0.3, -0.25) is 0 Å². The fraction of sp³-hybridized carbons (Fsp3) is 1.00. The van der Waals surface area contributed by atoms with E-state index < -0.39 is 0 Å². The molecule has 2 N–H and O–H groups in total. The quantitative estimate of drug-likeness (QED) is 0.503. The third kappa shape index (κ3) is 3.50. The van der Waals surface area contributed by atoms with E-state index >= 15 is 0 Å². The van der Waals surface area contributed by atoms with Crippen molar-refractivity contribution in [2.45, 2.75) is 111 Å². The van der Waals surface area contributed by atoms with Gasteiger partial charge in [0.25, 0.3) is 0 Å². The molecule has 0 spiro atoms. The minimum absolute atomic E-state index is 0.651. The topological polar surface area (TPSA) is 26.0 Å². The summed E-state index contributed by atoms with van der Waals surface area (Å²) < 4.78 is 0. The molecule has 0 amide bonds. The molecule has 0 saturated heterocycles. The lowest BCUT2D eigenvalue weighted by atomic mass is 9.44. The maximum Gasteiger partial charge on any atom is -0.00515 e. The summed E-state index contributed by atoms with van der Waals surface area (Å²) in [6, 6.07) is 0. The second-order valence-electron chi connectivity index (χ2n) is 12.4. The summed E-state index contributed by atoms with van der Waals surface area (Å²) in [5.41, 5.74) is 7.19. The Morgan fingerprint density at radius 2 is 1.61 bits per heavy atom. The molecular weight excluding hydrogens is 338 g/mol. The van der Waals surface area contributed by atoms with Crippen molar-refractivity contribution < 1.29 is 0 Å². The van der Waals surface area contributed by atoms with Gasteiger partial charge < -0.3 is 5.73 Å². The molecule has 4 saturated carbocycles. The van der Waals surface area contributed by atoms with Crippen LogP contribution < -0.4 is 5.73 Å². The Labute approximate surface area is 176 Å². The van der Waals surface area contributed by atoms with E-state index in [1.807, 2.05) is 0 Å². The van der Waals surface area contributed by atoms with E-state index in [4.69, 9.17) is 5.73 Å². The lowest BCUT2D eigenvalue weighted by Gasteiger charge is -2.61. The highest BCUT2D eigenvalue weighted by Crippen LogP contribution is 2.68. The second kappa shape index (κ2) is 8.24. The third-order valence-electron chi connectivity index (χ3n) is 11.1. The normalized spacial score (nSPS) is 47.7. The number of rotatable bonds is 6. The maximum atomic E-state index is 5.84. The van der Waals surface area contributed by atoms with Crippen LogP contribution in [0.25, 0.3) is 0 Å². The fourth-order valence-electron chi connectivity index (χ4n) is 9.38. The van der Waals surface area contributed by atoms with Crippen molar-refractivity contribution in [3.8, 4) is 0 Å². The lowest BCUT2D eigenvalue weighted by Crippen LogP contribution is -2.53. The molecule has 1 unspecified atom stereocenters. The highest BCUT2D eigenvalue weighted by Gasteiger charge is 2.59. The fourth-order valence-corrected chi connectivity index (χ4v) is 9.38. The van der Waals surface area contributed by atoms with Crippen LogP contribution in [0.4, 0.5) is 0 Å². The third-order valence-corrected chi connectivity index (χ3v) is 11.1. The van der Waals surface area contributed by atoms with Gasteiger partial charge in [0.2, 0.25) is 0 Å². The van der Waals surface area contributed by atoms with Crippen LogP contribution >= 0.6 is 0 Å². The Hall–Kier alpha value is -0.0400. The lowest BCUT2D eigenvalue weighted by molar-refractivity contribution is -0.114. The average Bonchev–Trinajstić information content (AvgIpc) is 3.04.